The van der Waals surface area contributed by atoms with Gasteiger partial charge in [0.15, 0.2) is 0 Å². The highest BCUT2D eigenvalue weighted by Crippen LogP contribution is 2.29. The molecule has 0 radical (unpaired) electrons. The number of nitrogens with zero attached hydrogens (tertiary/aromatic N) is 1. The van der Waals surface area contributed by atoms with Crippen molar-refractivity contribution in [1.82, 2.24) is 10.2 Å². The summed E-state index contributed by atoms with van der Waals surface area (Å²) in [5.74, 6) is 0.669. The minimum Gasteiger partial charge on any atom is -0.383 e. The van der Waals surface area contributed by atoms with E-state index in [9.17, 15) is 4.79 Å². The van der Waals surface area contributed by atoms with Crippen LogP contribution in [-0.2, 0) is 9.53 Å². The maximum absolute atomic E-state index is 12.7. The van der Waals surface area contributed by atoms with Gasteiger partial charge in [-0.2, -0.15) is 0 Å². The number of ether oxygens (including phenoxy) is 1. The largest absolute Gasteiger partial charge is 0.383 e. The van der Waals surface area contributed by atoms with Crippen molar-refractivity contribution in [3.63, 3.8) is 0 Å². The predicted octanol–water partition coefficient (Wildman–Crippen LogP) is 2.57. The summed E-state index contributed by atoms with van der Waals surface area (Å²) >= 11 is 0. The number of carbonyl (C=O) groups is 1. The van der Waals surface area contributed by atoms with E-state index in [1.807, 2.05) is 30.0 Å². The van der Waals surface area contributed by atoms with E-state index in [0.717, 1.165) is 12.0 Å². The van der Waals surface area contributed by atoms with Crippen molar-refractivity contribution in [2.75, 3.05) is 13.7 Å². The fourth-order valence-electron chi connectivity index (χ4n) is 2.97. The van der Waals surface area contributed by atoms with Gasteiger partial charge in [-0.25, -0.2) is 0 Å². The Hall–Kier alpha value is -1.39. The molecule has 0 spiro atoms. The van der Waals surface area contributed by atoms with Crippen LogP contribution in [0.3, 0.4) is 0 Å². The first kappa shape index (κ1) is 16.0. The lowest BCUT2D eigenvalue weighted by atomic mass is 10.0. The summed E-state index contributed by atoms with van der Waals surface area (Å²) in [7, 11) is 1.67. The first-order valence-electron chi connectivity index (χ1n) is 7.66. The number of methoxy groups -OCH3 is 1. The van der Waals surface area contributed by atoms with Crippen LogP contribution in [0.15, 0.2) is 30.3 Å². The smallest absolute Gasteiger partial charge is 0.241 e. The van der Waals surface area contributed by atoms with Gasteiger partial charge in [0.25, 0.3) is 0 Å². The Morgan fingerprint density at radius 1 is 1.24 bits per heavy atom. The summed E-state index contributed by atoms with van der Waals surface area (Å²) in [5, 5.41) is 3.50. The number of benzene rings is 1. The topological polar surface area (TPSA) is 41.6 Å². The lowest BCUT2D eigenvalue weighted by Gasteiger charge is -2.30. The van der Waals surface area contributed by atoms with Gasteiger partial charge in [0.2, 0.25) is 5.91 Å². The summed E-state index contributed by atoms with van der Waals surface area (Å²) in [5.41, 5.74) is 1.13. The molecule has 1 fully saturated rings. The summed E-state index contributed by atoms with van der Waals surface area (Å²) in [6.45, 7) is 6.88. The first-order valence-corrected chi connectivity index (χ1v) is 7.66. The average Bonchev–Trinajstić information content (AvgIpc) is 2.77. The van der Waals surface area contributed by atoms with Gasteiger partial charge in [0, 0.05) is 7.11 Å². The third-order valence-corrected chi connectivity index (χ3v) is 3.89. The second kappa shape index (κ2) is 7.05. The molecule has 1 N–H and O–H groups in total. The van der Waals surface area contributed by atoms with Crippen molar-refractivity contribution in [2.45, 2.75) is 45.4 Å². The standard InChI is InChI=1S/C17H26N2O2/c1-12(2)10-15-17(20)19(13(3)11-21-4)16(18-15)14-8-6-5-7-9-14/h5-9,12-13,15-16,18H,10-11H2,1-4H3. The molecule has 0 aromatic heterocycles. The lowest BCUT2D eigenvalue weighted by Crippen LogP contribution is -2.41. The highest BCUT2D eigenvalue weighted by Gasteiger charge is 2.41. The van der Waals surface area contributed by atoms with Crippen LogP contribution in [0, 0.1) is 5.92 Å². The van der Waals surface area contributed by atoms with E-state index in [-0.39, 0.29) is 24.2 Å². The molecule has 116 valence electrons. The number of hydrogen-bond donors (Lipinski definition) is 1. The molecule has 1 amide bonds. The van der Waals surface area contributed by atoms with Crippen molar-refractivity contribution in [1.29, 1.82) is 0 Å². The molecular formula is C17H26N2O2. The minimum atomic E-state index is -0.102. The Morgan fingerprint density at radius 2 is 1.90 bits per heavy atom. The summed E-state index contributed by atoms with van der Waals surface area (Å²) in [6.07, 6.45) is 0.797. The zero-order chi connectivity index (χ0) is 15.4. The molecule has 1 aromatic carbocycles. The SMILES string of the molecule is COCC(C)N1C(=O)C(CC(C)C)NC1c1ccccc1. The van der Waals surface area contributed by atoms with E-state index < -0.39 is 0 Å². The van der Waals surface area contributed by atoms with Crippen molar-refractivity contribution < 1.29 is 9.53 Å². The number of carbonyl (C=O) groups excluding carboxylic acids is 1. The van der Waals surface area contributed by atoms with Gasteiger partial charge in [-0.3, -0.25) is 10.1 Å². The number of rotatable bonds is 6. The third kappa shape index (κ3) is 3.63. The molecule has 1 heterocycles. The monoisotopic (exact) mass is 290 g/mol. The molecule has 1 saturated heterocycles. The molecule has 21 heavy (non-hydrogen) atoms. The molecular weight excluding hydrogens is 264 g/mol. The normalized spacial score (nSPS) is 23.9. The van der Waals surface area contributed by atoms with Crippen LogP contribution in [0.2, 0.25) is 0 Å². The zero-order valence-electron chi connectivity index (χ0n) is 13.4. The highest BCUT2D eigenvalue weighted by molar-refractivity contribution is 5.85. The van der Waals surface area contributed by atoms with E-state index in [2.05, 4.69) is 31.3 Å². The minimum absolute atomic E-state index is 0.0531. The van der Waals surface area contributed by atoms with Gasteiger partial charge in [0.1, 0.15) is 6.17 Å². The Morgan fingerprint density at radius 3 is 2.48 bits per heavy atom. The molecule has 4 heteroatoms. The second-order valence-corrected chi connectivity index (χ2v) is 6.21. The van der Waals surface area contributed by atoms with Crippen molar-refractivity contribution >= 4 is 5.91 Å². The van der Waals surface area contributed by atoms with E-state index >= 15 is 0 Å². The third-order valence-electron chi connectivity index (χ3n) is 3.89. The van der Waals surface area contributed by atoms with Gasteiger partial charge in [0.05, 0.1) is 18.7 Å². The molecule has 0 saturated carbocycles. The summed E-state index contributed by atoms with van der Waals surface area (Å²) in [4.78, 5) is 14.7. The van der Waals surface area contributed by atoms with Gasteiger partial charge in [-0.1, -0.05) is 44.2 Å². The Labute approximate surface area is 127 Å². The summed E-state index contributed by atoms with van der Waals surface area (Å²) in [6, 6.07) is 10.1. The molecule has 3 atom stereocenters. The van der Waals surface area contributed by atoms with Crippen LogP contribution in [0.5, 0.6) is 0 Å². The van der Waals surface area contributed by atoms with Crippen LogP contribution in [0.1, 0.15) is 38.9 Å². The molecule has 0 bridgehead atoms. The molecule has 1 aliphatic rings. The Kier molecular flexibility index (Phi) is 5.37. The van der Waals surface area contributed by atoms with Crippen LogP contribution < -0.4 is 5.32 Å². The molecule has 1 aromatic rings. The quantitative estimate of drug-likeness (QED) is 0.875. The Balaban J connectivity index is 2.25. The van der Waals surface area contributed by atoms with Crippen LogP contribution >= 0.6 is 0 Å². The molecule has 4 nitrogen and oxygen atoms in total. The fraction of sp³-hybridized carbons (Fsp3) is 0.588. The summed E-state index contributed by atoms with van der Waals surface area (Å²) < 4.78 is 5.24. The predicted molar refractivity (Wildman–Crippen MR) is 83.7 cm³/mol. The molecule has 2 rings (SSSR count). The lowest BCUT2D eigenvalue weighted by molar-refractivity contribution is -0.133. The number of hydrogen-bond acceptors (Lipinski definition) is 3. The first-order chi connectivity index (χ1) is 10.0. The number of amides is 1. The van der Waals surface area contributed by atoms with Crippen LogP contribution in [0.4, 0.5) is 0 Å². The second-order valence-electron chi connectivity index (χ2n) is 6.21. The van der Waals surface area contributed by atoms with E-state index in [1.54, 1.807) is 7.11 Å². The van der Waals surface area contributed by atoms with Gasteiger partial charge in [-0.15, -0.1) is 0 Å². The molecule has 1 aliphatic heterocycles. The van der Waals surface area contributed by atoms with E-state index in [4.69, 9.17) is 4.74 Å². The number of nitrogens with one attached hydrogen (secondary N) is 1. The van der Waals surface area contributed by atoms with E-state index in [1.165, 1.54) is 0 Å². The Bertz CT molecular complexity index is 461. The average molecular weight is 290 g/mol. The molecule has 0 aliphatic carbocycles. The van der Waals surface area contributed by atoms with Gasteiger partial charge >= 0.3 is 0 Å². The maximum Gasteiger partial charge on any atom is 0.241 e. The maximum atomic E-state index is 12.7. The van der Waals surface area contributed by atoms with Crippen LogP contribution in [-0.4, -0.2) is 36.6 Å². The van der Waals surface area contributed by atoms with Crippen molar-refractivity contribution in [3.8, 4) is 0 Å². The van der Waals surface area contributed by atoms with Gasteiger partial charge < -0.3 is 9.64 Å². The van der Waals surface area contributed by atoms with Gasteiger partial charge in [-0.05, 0) is 24.8 Å². The zero-order valence-corrected chi connectivity index (χ0v) is 13.4. The van der Waals surface area contributed by atoms with Crippen molar-refractivity contribution in [3.05, 3.63) is 35.9 Å². The van der Waals surface area contributed by atoms with E-state index in [0.29, 0.717) is 12.5 Å². The fourth-order valence-corrected chi connectivity index (χ4v) is 2.97. The van der Waals surface area contributed by atoms with Crippen molar-refractivity contribution in [2.24, 2.45) is 5.92 Å². The van der Waals surface area contributed by atoms with Crippen LogP contribution in [0.25, 0.3) is 0 Å². The molecule has 3 unspecified atom stereocenters. The highest BCUT2D eigenvalue weighted by atomic mass is 16.5.